The lowest BCUT2D eigenvalue weighted by Gasteiger charge is -2.40. The fourth-order valence-electron chi connectivity index (χ4n) is 5.94. The number of fused-ring (bicyclic) bond motifs is 3. The Kier molecular flexibility index (Phi) is 7.12. The third-order valence-electron chi connectivity index (χ3n) is 7.72. The number of nitrogens with zero attached hydrogens (tertiary/aromatic N) is 1. The minimum atomic E-state index is -4.23. The quantitative estimate of drug-likeness (QED) is 0.362. The van der Waals surface area contributed by atoms with Crippen LogP contribution in [0.25, 0.3) is 0 Å². The smallest absolute Gasteiger partial charge is 0.303 e. The average Bonchev–Trinajstić information content (AvgIpc) is 3.31. The maximum Gasteiger partial charge on any atom is 0.303 e. The van der Waals surface area contributed by atoms with Gasteiger partial charge in [0.1, 0.15) is 23.4 Å². The lowest BCUT2D eigenvalue weighted by molar-refractivity contribution is -0.154. The van der Waals surface area contributed by atoms with Crippen LogP contribution in [0, 0.1) is 5.92 Å². The van der Waals surface area contributed by atoms with Gasteiger partial charge in [-0.1, -0.05) is 58.4 Å². The lowest BCUT2D eigenvalue weighted by Crippen LogP contribution is -2.52. The van der Waals surface area contributed by atoms with Gasteiger partial charge in [-0.05, 0) is 23.3 Å². The number of aliphatic hydroxyl groups is 2. The molecule has 40 heavy (non-hydrogen) atoms. The molecular formula is C28H29BrN2O8S. The van der Waals surface area contributed by atoms with Gasteiger partial charge in [0.25, 0.3) is 0 Å². The summed E-state index contributed by atoms with van der Waals surface area (Å²) in [6.45, 7) is 0. The van der Waals surface area contributed by atoms with E-state index in [0.29, 0.717) is 16.9 Å². The molecule has 1 heterocycles. The predicted octanol–water partition coefficient (Wildman–Crippen LogP) is 2.64. The molecule has 0 bridgehead atoms. The first-order valence-corrected chi connectivity index (χ1v) is 14.6. The number of rotatable bonds is 7. The van der Waals surface area contributed by atoms with Gasteiger partial charge in [-0.3, -0.25) is 4.79 Å². The van der Waals surface area contributed by atoms with Crippen molar-refractivity contribution in [1.82, 2.24) is 9.03 Å². The van der Waals surface area contributed by atoms with E-state index in [2.05, 4.69) is 20.7 Å². The van der Waals surface area contributed by atoms with Gasteiger partial charge in [0.2, 0.25) is 5.91 Å². The fraction of sp³-hybridized carbons (Fsp3) is 0.321. The van der Waals surface area contributed by atoms with Crippen LogP contribution in [0.3, 0.4) is 0 Å². The molecule has 0 saturated heterocycles. The Morgan fingerprint density at radius 3 is 2.27 bits per heavy atom. The van der Waals surface area contributed by atoms with Crippen LogP contribution < -0.4 is 18.9 Å². The number of amides is 1. The summed E-state index contributed by atoms with van der Waals surface area (Å²) in [6, 6.07) is 18.9. The van der Waals surface area contributed by atoms with Gasteiger partial charge in [-0.2, -0.15) is 12.7 Å². The van der Waals surface area contributed by atoms with Crippen molar-refractivity contribution < 1.29 is 37.6 Å². The Morgan fingerprint density at radius 1 is 1.05 bits per heavy atom. The summed E-state index contributed by atoms with van der Waals surface area (Å²) >= 11 is 3.44. The van der Waals surface area contributed by atoms with E-state index < -0.39 is 45.3 Å². The van der Waals surface area contributed by atoms with Gasteiger partial charge >= 0.3 is 10.2 Å². The van der Waals surface area contributed by atoms with Crippen LogP contribution >= 0.6 is 15.9 Å². The molecule has 3 N–H and O–H groups in total. The zero-order valence-electron chi connectivity index (χ0n) is 22.2. The SMILES string of the molecule is COc1cc(OC)c2c(c1)O[C@@]1(c3ccc(Br)cc3)[C@H](c3ccccc3)[C@@H](C(=O)NS(=O)(=O)N(C)C)[C@@H](O)[C@@]21O. The molecule has 0 radical (unpaired) electrons. The molecule has 3 aromatic carbocycles. The van der Waals surface area contributed by atoms with Crippen molar-refractivity contribution in [2.75, 3.05) is 28.3 Å². The summed E-state index contributed by atoms with van der Waals surface area (Å²) in [7, 11) is 1.21. The minimum Gasteiger partial charge on any atom is -0.496 e. The van der Waals surface area contributed by atoms with Crippen molar-refractivity contribution in [2.45, 2.75) is 23.2 Å². The molecule has 0 unspecified atom stereocenters. The Bertz CT molecular complexity index is 1550. The second kappa shape index (κ2) is 10.0. The Labute approximate surface area is 240 Å². The zero-order chi connectivity index (χ0) is 29.0. The summed E-state index contributed by atoms with van der Waals surface area (Å²) in [5, 5.41) is 24.8. The Morgan fingerprint density at radius 2 is 1.70 bits per heavy atom. The van der Waals surface area contributed by atoms with E-state index in [0.717, 1.165) is 8.78 Å². The number of carbonyl (C=O) groups is 1. The highest BCUT2D eigenvalue weighted by molar-refractivity contribution is 9.10. The number of methoxy groups -OCH3 is 2. The standard InChI is InChI=1S/C28H29BrN2O8S/c1-31(2)40(35,36)30-26(33)22-23(16-8-6-5-7-9-16)28(17-10-12-18(29)13-11-17)27(34,25(22)32)24-20(38-4)14-19(37-3)15-21(24)39-28/h5-15,22-23,25,32,34H,1-4H3,(H,30,33)/t22-,23-,25-,27+,28+/m1/s1. The van der Waals surface area contributed by atoms with E-state index in [4.69, 9.17) is 14.2 Å². The number of hydrogen-bond acceptors (Lipinski definition) is 8. The second-order valence-corrected chi connectivity index (χ2v) is 12.7. The molecular weight excluding hydrogens is 604 g/mol. The van der Waals surface area contributed by atoms with Crippen LogP contribution in [0.1, 0.15) is 22.6 Å². The number of hydrogen-bond donors (Lipinski definition) is 3. The van der Waals surface area contributed by atoms with Crippen LogP contribution in [0.5, 0.6) is 17.2 Å². The molecule has 1 aliphatic heterocycles. The third kappa shape index (κ3) is 4.00. The van der Waals surface area contributed by atoms with Gasteiger partial charge in [-0.15, -0.1) is 0 Å². The molecule has 0 aromatic heterocycles. The van der Waals surface area contributed by atoms with Crippen LogP contribution in [0.4, 0.5) is 0 Å². The van der Waals surface area contributed by atoms with E-state index in [1.165, 1.54) is 28.3 Å². The highest BCUT2D eigenvalue weighted by Crippen LogP contribution is 2.70. The fourth-order valence-corrected chi connectivity index (χ4v) is 6.78. The third-order valence-corrected chi connectivity index (χ3v) is 9.67. The predicted molar refractivity (Wildman–Crippen MR) is 149 cm³/mol. The van der Waals surface area contributed by atoms with Gasteiger partial charge < -0.3 is 24.4 Å². The van der Waals surface area contributed by atoms with Crippen molar-refractivity contribution in [3.8, 4) is 17.2 Å². The number of aliphatic hydroxyl groups excluding tert-OH is 1. The number of benzene rings is 3. The summed E-state index contributed by atoms with van der Waals surface area (Å²) < 4.78 is 46.8. The number of nitrogens with one attached hydrogen (secondary N) is 1. The largest absolute Gasteiger partial charge is 0.496 e. The maximum absolute atomic E-state index is 13.8. The summed E-state index contributed by atoms with van der Waals surface area (Å²) in [6.07, 6.45) is -1.83. The summed E-state index contributed by atoms with van der Waals surface area (Å²) in [5.74, 6) is -2.76. The molecule has 5 atom stereocenters. The van der Waals surface area contributed by atoms with Crippen LogP contribution in [-0.2, 0) is 26.2 Å². The van der Waals surface area contributed by atoms with Gasteiger partial charge in [0, 0.05) is 36.6 Å². The average molecular weight is 634 g/mol. The molecule has 5 rings (SSSR count). The van der Waals surface area contributed by atoms with Crippen LogP contribution in [-0.4, -0.2) is 63.3 Å². The Balaban J connectivity index is 1.85. The zero-order valence-corrected chi connectivity index (χ0v) is 24.6. The number of halogens is 1. The van der Waals surface area contributed by atoms with E-state index in [-0.39, 0.29) is 17.1 Å². The Hall–Kier alpha value is -3.16. The van der Waals surface area contributed by atoms with Crippen molar-refractivity contribution in [3.63, 3.8) is 0 Å². The molecule has 3 aromatic rings. The first-order chi connectivity index (χ1) is 18.9. The molecule has 1 amide bonds. The summed E-state index contributed by atoms with van der Waals surface area (Å²) in [5.41, 5.74) is -2.94. The van der Waals surface area contributed by atoms with Crippen molar-refractivity contribution in [1.29, 1.82) is 0 Å². The van der Waals surface area contributed by atoms with Crippen molar-refractivity contribution in [3.05, 3.63) is 87.9 Å². The molecule has 1 aliphatic carbocycles. The summed E-state index contributed by atoms with van der Waals surface area (Å²) in [4.78, 5) is 13.8. The molecule has 1 saturated carbocycles. The van der Waals surface area contributed by atoms with E-state index >= 15 is 0 Å². The highest BCUT2D eigenvalue weighted by Gasteiger charge is 2.78. The topological polar surface area (TPSA) is 135 Å². The first kappa shape index (κ1) is 28.4. The number of ether oxygens (including phenoxy) is 3. The second-order valence-electron chi connectivity index (χ2n) is 9.93. The molecule has 12 heteroatoms. The molecule has 0 spiro atoms. The molecule has 212 valence electrons. The van der Waals surface area contributed by atoms with Crippen molar-refractivity contribution >= 4 is 32.0 Å². The van der Waals surface area contributed by atoms with Crippen LogP contribution in [0.2, 0.25) is 0 Å². The van der Waals surface area contributed by atoms with E-state index in [1.807, 2.05) is 0 Å². The van der Waals surface area contributed by atoms with Gasteiger partial charge in [-0.25, -0.2) is 4.72 Å². The highest BCUT2D eigenvalue weighted by atomic mass is 79.9. The van der Waals surface area contributed by atoms with Gasteiger partial charge in [0.15, 0.2) is 11.2 Å². The number of carbonyl (C=O) groups excluding carboxylic acids is 1. The normalized spacial score (nSPS) is 27.1. The first-order valence-electron chi connectivity index (χ1n) is 12.3. The minimum absolute atomic E-state index is 0.123. The van der Waals surface area contributed by atoms with E-state index in [1.54, 1.807) is 66.7 Å². The molecule has 10 nitrogen and oxygen atoms in total. The van der Waals surface area contributed by atoms with Crippen molar-refractivity contribution in [2.24, 2.45) is 5.92 Å². The van der Waals surface area contributed by atoms with E-state index in [9.17, 15) is 23.4 Å². The van der Waals surface area contributed by atoms with Crippen LogP contribution in [0.15, 0.2) is 71.2 Å². The van der Waals surface area contributed by atoms with Gasteiger partial charge in [0.05, 0.1) is 25.7 Å². The molecule has 1 fully saturated rings. The monoisotopic (exact) mass is 632 g/mol. The lowest BCUT2D eigenvalue weighted by atomic mass is 9.70. The maximum atomic E-state index is 13.8. The molecule has 2 aliphatic rings.